The van der Waals surface area contributed by atoms with Crippen LogP contribution in [0.2, 0.25) is 0 Å². The highest BCUT2D eigenvalue weighted by atomic mass is 19.4. The van der Waals surface area contributed by atoms with Crippen LogP contribution < -0.4 is 0 Å². The van der Waals surface area contributed by atoms with E-state index < -0.39 is 131 Å². The zero-order valence-corrected chi connectivity index (χ0v) is 67.9. The topological polar surface area (TPSA) is 120 Å². The number of halogens is 44. The van der Waals surface area contributed by atoms with Crippen molar-refractivity contribution in [2.45, 2.75) is 54.4 Å². The molecule has 0 bridgehead atoms. The van der Waals surface area contributed by atoms with E-state index in [4.69, 9.17) is 0 Å². The van der Waals surface area contributed by atoms with E-state index in [0.29, 0.717) is 26.9 Å². The summed E-state index contributed by atoms with van der Waals surface area (Å²) in [6.07, 6.45) is -13.2. The molecular formula is C60H116F44O13. The van der Waals surface area contributed by atoms with Gasteiger partial charge in [-0.25, -0.2) is 92.2 Å². The summed E-state index contributed by atoms with van der Waals surface area (Å²) in [5.41, 5.74) is 0. The summed E-state index contributed by atoms with van der Waals surface area (Å²) >= 11 is 0. The summed E-state index contributed by atoms with van der Waals surface area (Å²) in [6.45, 7) is -3.94. The average molecular weight is 1880 g/mol. The highest BCUT2D eigenvalue weighted by Gasteiger charge is 1.96. The quantitative estimate of drug-likeness (QED) is 0.136. The maximum Gasteiger partial charge on any atom is 0.379 e. The van der Waals surface area contributed by atoms with E-state index in [1.807, 2.05) is 0 Å². The first-order valence-electron chi connectivity index (χ1n) is 27.0. The third-order valence-corrected chi connectivity index (χ3v) is 2.34. The van der Waals surface area contributed by atoms with Gasteiger partial charge in [0, 0.05) is 99.5 Å². The van der Waals surface area contributed by atoms with E-state index in [0.717, 1.165) is 12.2 Å². The molecule has 117 heavy (non-hydrogen) atoms. The maximum atomic E-state index is 10.9. The second-order valence-corrected chi connectivity index (χ2v) is 10.7. The van der Waals surface area contributed by atoms with Gasteiger partial charge in [0.15, 0.2) is 53.8 Å². The smallest absolute Gasteiger partial charge is 0.379 e. The van der Waals surface area contributed by atoms with Crippen LogP contribution in [0.1, 0.15) is 34.6 Å². The first-order valence-corrected chi connectivity index (χ1v) is 27.0. The lowest BCUT2D eigenvalue weighted by Gasteiger charge is -1.90. The molecule has 0 aromatic rings. The molecule has 0 unspecified atom stereocenters. The van der Waals surface area contributed by atoms with Crippen molar-refractivity contribution in [1.82, 2.24) is 0 Å². The molecule has 57 heteroatoms. The first kappa shape index (κ1) is 204. The second kappa shape index (κ2) is 364. The Morgan fingerprint density at radius 3 is 0.402 bits per heavy atom. The molecule has 13 nitrogen and oxygen atoms in total. The Kier molecular flexibility index (Phi) is 636. The van der Waals surface area contributed by atoms with Gasteiger partial charge in [-0.05, 0) is 46.8 Å². The van der Waals surface area contributed by atoms with Gasteiger partial charge in [0.05, 0.1) is 67.9 Å². The average Bonchev–Trinajstić information content (AvgIpc) is 2.01. The fraction of sp³-hybridized carbons (Fsp3) is 0.667. The Morgan fingerprint density at radius 2 is 0.402 bits per heavy atom. The minimum atomic E-state index is -3.67. The molecule has 0 aromatic carbocycles. The Labute approximate surface area is 656 Å². The standard InChI is InChI=1S/C3H6F2O.2C3H4F2O.2C3H4F2.C3H7FO.2C2HF3.2C2H2F2.6C2H5FO.3C2H5F.2C2H3F.3C2H6O.2CHF3.2CH2F2.2CH3F/c3*1-6-2-3(4)5;2*1-2-3(4)5;1-5-3-2-4;2*3-1-2(4)5;2*3-1-2-4;6*1-4-2-3;5*1-2-3;3*1-3-2;2*2-1(3)4;2*2-1-3;2*1-2/h3H,2H2,1H3;2*2H,1H3;2*2H,1H3;2-3H2,1H3;2*1H;2*1-2H;6*2H2,1H3;3*2H2,1H3;2*2H,1H2;3*1-2H3;2*1H;2*1H2;2*1H3/b;;;;;;;;2*2-1-;;;;;;;;;;;;;;;;;;;;. The van der Waals surface area contributed by atoms with Gasteiger partial charge < -0.3 is 61.6 Å². The Bertz CT molecular complexity index is 1230. The molecule has 0 N–H and O–H groups in total. The van der Waals surface area contributed by atoms with E-state index in [9.17, 15) is 193 Å². The molecule has 0 radical (unpaired) electrons. The molecule has 0 saturated carbocycles. The predicted molar refractivity (Wildman–Crippen MR) is 365 cm³/mol. The van der Waals surface area contributed by atoms with Crippen LogP contribution in [0.4, 0.5) is 193 Å². The number of ether oxygens (including phenoxy) is 13. The molecular weight excluding hydrogens is 1760 g/mol. The molecule has 0 heterocycles. The normalized spacial score (nSPS) is 7.16. The van der Waals surface area contributed by atoms with E-state index in [-0.39, 0.29) is 71.3 Å². The van der Waals surface area contributed by atoms with Crippen LogP contribution in [0.15, 0.2) is 125 Å². The molecule has 0 saturated heterocycles. The summed E-state index contributed by atoms with van der Waals surface area (Å²) in [4.78, 5) is 0. The summed E-state index contributed by atoms with van der Waals surface area (Å²) in [5, 5.41) is 0. The number of hydrogen-bond donors (Lipinski definition) is 0. The molecule has 742 valence electrons. The van der Waals surface area contributed by atoms with E-state index in [1.54, 1.807) is 42.7 Å². The second-order valence-electron chi connectivity index (χ2n) is 10.7. The zero-order valence-electron chi connectivity index (χ0n) is 67.9. The molecule has 0 spiro atoms. The fourth-order valence-electron chi connectivity index (χ4n) is 0.381. The molecule has 0 fully saturated rings. The number of alkyl halides is 24. The predicted octanol–water partition coefficient (Wildman–Crippen LogP) is 28.6. The van der Waals surface area contributed by atoms with Crippen LogP contribution in [0.3, 0.4) is 0 Å². The van der Waals surface area contributed by atoms with Gasteiger partial charge >= 0.3 is 25.5 Å². The Balaban J connectivity index is -0.0000000240. The SMILES string of the molecule is C=CF.C=CF.CC=C(F)F.CC=C(F)F.CCF.CCF.CCF.CF.CF.COC.COC.COC.COC=C(F)F.COC=C(F)F.COCC(F)F.COCCF.COCF.COCF.COCF.COCF.COCF.COCF.F/C=C\F.F/C=C\F.FC(F)F.FC(F)F.FC=C(F)F.FC=C(F)F.FCF.FCF. The van der Waals surface area contributed by atoms with Gasteiger partial charge in [0.1, 0.15) is 51.1 Å². The molecule has 0 aromatic heterocycles. The van der Waals surface area contributed by atoms with Gasteiger partial charge in [-0.3, -0.25) is 22.0 Å². The molecule has 0 rings (SSSR count). The number of methoxy groups -OCH3 is 13. The summed E-state index contributed by atoms with van der Waals surface area (Å²) < 4.78 is 502. The highest BCUT2D eigenvalue weighted by molar-refractivity contribution is 4.73. The van der Waals surface area contributed by atoms with Crippen molar-refractivity contribution < 1.29 is 255 Å². The number of allylic oxidation sites excluding steroid dienone is 2. The largest absolute Gasteiger partial charge is 0.499 e. The van der Waals surface area contributed by atoms with Gasteiger partial charge in [0.25, 0.3) is 30.7 Å². The van der Waals surface area contributed by atoms with Crippen molar-refractivity contribution in [3.05, 3.63) is 125 Å². The van der Waals surface area contributed by atoms with Crippen molar-refractivity contribution in [2.75, 3.05) is 223 Å². The Hall–Kier alpha value is -6.52. The third kappa shape index (κ3) is 3020. The minimum absolute atomic E-state index is 0.167. The lowest BCUT2D eigenvalue weighted by Crippen LogP contribution is -1.99. The van der Waals surface area contributed by atoms with Gasteiger partial charge in [-0.15, -0.1) is 0 Å². The zero-order chi connectivity index (χ0) is 102. The monoisotopic (exact) mass is 1880 g/mol. The summed E-state index contributed by atoms with van der Waals surface area (Å²) in [7, 11) is 23.6. The fourth-order valence-corrected chi connectivity index (χ4v) is 0.381. The molecule has 0 aliphatic carbocycles. The van der Waals surface area contributed by atoms with Crippen molar-refractivity contribution in [1.29, 1.82) is 0 Å². The van der Waals surface area contributed by atoms with Crippen molar-refractivity contribution in [3.8, 4) is 0 Å². The maximum absolute atomic E-state index is 10.9. The number of hydrogen-bond acceptors (Lipinski definition) is 13. The molecule has 0 amide bonds. The minimum Gasteiger partial charge on any atom is -0.499 e. The lowest BCUT2D eigenvalue weighted by molar-refractivity contribution is 0.00734. The lowest BCUT2D eigenvalue weighted by atomic mass is 10.7. The van der Waals surface area contributed by atoms with Crippen LogP contribution in [-0.4, -0.2) is 243 Å². The molecule has 0 aliphatic rings. The summed E-state index contributed by atoms with van der Waals surface area (Å²) in [6, 6.07) is 0. The van der Waals surface area contributed by atoms with Crippen molar-refractivity contribution >= 4 is 0 Å². The van der Waals surface area contributed by atoms with Crippen LogP contribution in [0.5, 0.6) is 0 Å². The Morgan fingerprint density at radius 1 is 0.291 bits per heavy atom. The van der Waals surface area contributed by atoms with Crippen LogP contribution >= 0.6 is 0 Å². The van der Waals surface area contributed by atoms with Crippen LogP contribution in [-0.2, 0) is 61.6 Å². The van der Waals surface area contributed by atoms with E-state index >= 15 is 0 Å². The summed E-state index contributed by atoms with van der Waals surface area (Å²) in [5.74, 6) is 0. The highest BCUT2D eigenvalue weighted by Crippen LogP contribution is 1.96. The van der Waals surface area contributed by atoms with Gasteiger partial charge in [-0.1, -0.05) is 13.2 Å². The third-order valence-electron chi connectivity index (χ3n) is 2.34. The van der Waals surface area contributed by atoms with Gasteiger partial charge in [-0.2, -0.15) is 79.0 Å². The van der Waals surface area contributed by atoms with Gasteiger partial charge in [0.2, 0.25) is 13.9 Å². The van der Waals surface area contributed by atoms with E-state index in [2.05, 4.69) is 74.7 Å². The van der Waals surface area contributed by atoms with Crippen molar-refractivity contribution in [3.63, 3.8) is 0 Å². The number of rotatable bonds is 12. The van der Waals surface area contributed by atoms with Crippen LogP contribution in [0, 0.1) is 0 Å². The molecule has 0 aliphatic heterocycles. The molecule has 0 atom stereocenters. The van der Waals surface area contributed by atoms with Crippen molar-refractivity contribution in [2.24, 2.45) is 0 Å². The van der Waals surface area contributed by atoms with Crippen LogP contribution in [0.25, 0.3) is 0 Å². The van der Waals surface area contributed by atoms with E-state index in [1.165, 1.54) is 106 Å². The first-order chi connectivity index (χ1) is 54.7.